The molecule has 0 aromatic heterocycles. The molecular weight excluding hydrogens is 435 g/mol. The second kappa shape index (κ2) is 16.4. The van der Waals surface area contributed by atoms with Crippen molar-refractivity contribution >= 4 is 10.1 Å². The first kappa shape index (κ1) is 28.8. The predicted octanol–water partition coefficient (Wildman–Crippen LogP) is 4.24. The summed E-state index contributed by atoms with van der Waals surface area (Å²) in [4.78, 5) is -0.164. The molecule has 0 saturated carbocycles. The van der Waals surface area contributed by atoms with Gasteiger partial charge in [-0.25, -0.2) is 8.42 Å². The van der Waals surface area contributed by atoms with Crippen LogP contribution in [0.2, 0.25) is 0 Å². The van der Waals surface area contributed by atoms with Gasteiger partial charge < -0.3 is 9.29 Å². The van der Waals surface area contributed by atoms with Crippen molar-refractivity contribution in [2.45, 2.75) is 88.9 Å². The summed E-state index contributed by atoms with van der Waals surface area (Å²) in [6.45, 7) is 2.24. The maximum Gasteiger partial charge on any atom is 1.00 e. The van der Waals surface area contributed by atoms with Gasteiger partial charge >= 0.3 is 51.4 Å². The summed E-state index contributed by atoms with van der Waals surface area (Å²) in [7, 11) is -4.54. The minimum absolute atomic E-state index is 0. The first-order valence-corrected chi connectivity index (χ1v) is 12.7. The topological polar surface area (TPSA) is 66.4 Å². The molecule has 0 spiro atoms. The molecule has 0 N–H and O–H groups in total. The molecule has 0 heterocycles. The summed E-state index contributed by atoms with van der Waals surface area (Å²) in [6.07, 6.45) is 14.0. The molecule has 0 fully saturated rings. The monoisotopic (exact) mass is 470 g/mol. The van der Waals surface area contributed by atoms with Gasteiger partial charge in [-0.05, 0) is 37.1 Å². The van der Waals surface area contributed by atoms with Crippen LogP contribution in [0.3, 0.4) is 0 Å². The van der Waals surface area contributed by atoms with Crippen molar-refractivity contribution in [3.63, 3.8) is 0 Å². The van der Waals surface area contributed by atoms with Crippen LogP contribution in [0.15, 0.2) is 53.4 Å². The van der Waals surface area contributed by atoms with Crippen LogP contribution in [-0.4, -0.2) is 13.0 Å². The van der Waals surface area contributed by atoms with E-state index in [1.54, 1.807) is 12.1 Å². The standard InChI is InChI=1S/C25H36O4S.K/c1-2-3-4-5-6-7-8-9-10-11-15-19-23-24(29-22-17-13-12-14-18-22)20-16-21-25(23)30(26,27)28;/h12-14,16-18,20-21H,2-11,15,19H2,1H3,(H,26,27,28);/q;+1/p-1. The van der Waals surface area contributed by atoms with E-state index < -0.39 is 10.1 Å². The molecule has 2 rings (SSSR count). The summed E-state index contributed by atoms with van der Waals surface area (Å²) in [5, 5.41) is 0. The van der Waals surface area contributed by atoms with Crippen molar-refractivity contribution in [2.24, 2.45) is 0 Å². The fourth-order valence-electron chi connectivity index (χ4n) is 3.70. The van der Waals surface area contributed by atoms with Crippen LogP contribution in [0.25, 0.3) is 0 Å². The van der Waals surface area contributed by atoms with Crippen LogP contribution in [-0.2, 0) is 16.5 Å². The molecule has 0 amide bonds. The quantitative estimate of drug-likeness (QED) is 0.222. The molecule has 2 aromatic rings. The van der Waals surface area contributed by atoms with Gasteiger partial charge in [-0.1, -0.05) is 95.4 Å². The molecule has 0 saturated heterocycles. The minimum Gasteiger partial charge on any atom is -0.744 e. The number of rotatable bonds is 15. The van der Waals surface area contributed by atoms with Crippen LogP contribution in [0.5, 0.6) is 11.5 Å². The second-order valence-electron chi connectivity index (χ2n) is 7.89. The molecule has 31 heavy (non-hydrogen) atoms. The van der Waals surface area contributed by atoms with Crippen molar-refractivity contribution in [1.29, 1.82) is 0 Å². The molecule has 4 nitrogen and oxygen atoms in total. The largest absolute Gasteiger partial charge is 1.00 e. The molecule has 2 aromatic carbocycles. The summed E-state index contributed by atoms with van der Waals surface area (Å²) in [5.41, 5.74) is 0.493. The van der Waals surface area contributed by atoms with Gasteiger partial charge in [-0.2, -0.15) is 0 Å². The molecule has 0 aliphatic heterocycles. The maximum absolute atomic E-state index is 11.7. The number of para-hydroxylation sites is 1. The van der Waals surface area contributed by atoms with Gasteiger partial charge in [0.2, 0.25) is 0 Å². The van der Waals surface area contributed by atoms with Crippen molar-refractivity contribution in [1.82, 2.24) is 0 Å². The third-order valence-corrected chi connectivity index (χ3v) is 6.28. The zero-order valence-electron chi connectivity index (χ0n) is 19.1. The van der Waals surface area contributed by atoms with Gasteiger partial charge in [-0.3, -0.25) is 0 Å². The van der Waals surface area contributed by atoms with E-state index in [0.29, 0.717) is 23.5 Å². The van der Waals surface area contributed by atoms with Crippen molar-refractivity contribution < 1.29 is 69.1 Å². The first-order valence-electron chi connectivity index (χ1n) is 11.3. The average molecular weight is 471 g/mol. The Labute approximate surface area is 231 Å². The summed E-state index contributed by atoms with van der Waals surface area (Å²) in [6, 6.07) is 13.9. The van der Waals surface area contributed by atoms with Crippen LogP contribution < -0.4 is 56.1 Å². The number of hydrogen-bond acceptors (Lipinski definition) is 4. The van der Waals surface area contributed by atoms with Crippen molar-refractivity contribution in [3.05, 3.63) is 54.1 Å². The Morgan fingerprint density at radius 2 is 1.29 bits per heavy atom. The van der Waals surface area contributed by atoms with E-state index in [9.17, 15) is 13.0 Å². The van der Waals surface area contributed by atoms with Crippen LogP contribution in [0, 0.1) is 0 Å². The normalized spacial score (nSPS) is 11.2. The third kappa shape index (κ3) is 11.5. The molecule has 0 aliphatic rings. The Kier molecular flexibility index (Phi) is 15.3. The van der Waals surface area contributed by atoms with Gasteiger partial charge in [0.05, 0.1) is 4.90 Å². The van der Waals surface area contributed by atoms with E-state index in [1.807, 2.05) is 30.3 Å². The SMILES string of the molecule is CCCCCCCCCCCCCc1c(Oc2ccccc2)cccc1S(=O)(=O)[O-].[K+]. The number of hydrogen-bond donors (Lipinski definition) is 0. The van der Waals surface area contributed by atoms with Crippen LogP contribution in [0.4, 0.5) is 0 Å². The van der Waals surface area contributed by atoms with E-state index >= 15 is 0 Å². The smallest absolute Gasteiger partial charge is 0.744 e. The predicted molar refractivity (Wildman–Crippen MR) is 121 cm³/mol. The van der Waals surface area contributed by atoms with Crippen LogP contribution >= 0.6 is 0 Å². The Bertz CT molecular complexity index is 838. The Hall–Kier alpha value is -0.214. The fraction of sp³-hybridized carbons (Fsp3) is 0.520. The fourth-order valence-corrected chi connectivity index (χ4v) is 4.45. The van der Waals surface area contributed by atoms with Crippen molar-refractivity contribution in [3.8, 4) is 11.5 Å². The van der Waals surface area contributed by atoms with Crippen molar-refractivity contribution in [2.75, 3.05) is 0 Å². The molecule has 0 bridgehead atoms. The average Bonchev–Trinajstić information content (AvgIpc) is 2.73. The Morgan fingerprint density at radius 1 is 0.742 bits per heavy atom. The van der Waals surface area contributed by atoms with Crippen LogP contribution in [0.1, 0.15) is 83.1 Å². The molecule has 166 valence electrons. The molecule has 0 unspecified atom stereocenters. The molecule has 0 atom stereocenters. The number of unbranched alkanes of at least 4 members (excludes halogenated alkanes) is 10. The molecule has 0 radical (unpaired) electrons. The maximum atomic E-state index is 11.7. The van der Waals surface area contributed by atoms with E-state index in [0.717, 1.165) is 19.3 Å². The molecular formula is C25H35KO4S. The first-order chi connectivity index (χ1) is 14.5. The Morgan fingerprint density at radius 3 is 1.84 bits per heavy atom. The van der Waals surface area contributed by atoms with Gasteiger partial charge in [0.15, 0.2) is 0 Å². The van der Waals surface area contributed by atoms with E-state index in [4.69, 9.17) is 4.74 Å². The van der Waals surface area contributed by atoms with Gasteiger partial charge in [0.1, 0.15) is 21.6 Å². The zero-order chi connectivity index (χ0) is 21.7. The van der Waals surface area contributed by atoms with E-state index in [2.05, 4.69) is 6.92 Å². The van der Waals surface area contributed by atoms with Gasteiger partial charge in [0, 0.05) is 5.56 Å². The summed E-state index contributed by atoms with van der Waals surface area (Å²) in [5.74, 6) is 1.07. The zero-order valence-corrected chi connectivity index (χ0v) is 23.1. The van der Waals surface area contributed by atoms with Gasteiger partial charge in [-0.15, -0.1) is 0 Å². The molecule has 6 heteroatoms. The Balaban J connectivity index is 0.00000480. The minimum atomic E-state index is -4.54. The number of benzene rings is 2. The van der Waals surface area contributed by atoms with E-state index in [1.165, 1.54) is 57.4 Å². The molecule has 0 aliphatic carbocycles. The second-order valence-corrected chi connectivity index (χ2v) is 9.24. The van der Waals surface area contributed by atoms with E-state index in [-0.39, 0.29) is 56.3 Å². The summed E-state index contributed by atoms with van der Waals surface area (Å²) >= 11 is 0. The third-order valence-electron chi connectivity index (χ3n) is 5.36. The number of ether oxygens (including phenoxy) is 1. The summed E-state index contributed by atoms with van der Waals surface area (Å²) < 4.78 is 41.1. The van der Waals surface area contributed by atoms with Gasteiger partial charge in [0.25, 0.3) is 0 Å².